The molecule has 0 aliphatic carbocycles. The summed E-state index contributed by atoms with van der Waals surface area (Å²) in [7, 11) is 1.31. The SMILES string of the molecule is CONC(=O)c1ccncc1CF. The molecule has 1 aromatic rings. The third kappa shape index (κ3) is 2.22. The fourth-order valence-electron chi connectivity index (χ4n) is 0.903. The molecule has 0 saturated heterocycles. The molecule has 0 aromatic carbocycles. The number of halogens is 1. The highest BCUT2D eigenvalue weighted by atomic mass is 19.1. The molecule has 0 bridgehead atoms. The van der Waals surface area contributed by atoms with Gasteiger partial charge in [-0.2, -0.15) is 0 Å². The van der Waals surface area contributed by atoms with Gasteiger partial charge in [0.25, 0.3) is 5.91 Å². The van der Waals surface area contributed by atoms with Crippen LogP contribution in [0.1, 0.15) is 15.9 Å². The highest BCUT2D eigenvalue weighted by molar-refractivity contribution is 5.94. The van der Waals surface area contributed by atoms with Gasteiger partial charge in [-0.3, -0.25) is 14.6 Å². The number of hydroxylamine groups is 1. The molecule has 1 N–H and O–H groups in total. The lowest BCUT2D eigenvalue weighted by atomic mass is 10.1. The Morgan fingerprint density at radius 2 is 2.54 bits per heavy atom. The fourth-order valence-corrected chi connectivity index (χ4v) is 0.903. The van der Waals surface area contributed by atoms with Crippen molar-refractivity contribution in [2.45, 2.75) is 6.67 Å². The Balaban J connectivity index is 2.92. The van der Waals surface area contributed by atoms with E-state index in [1.165, 1.54) is 25.6 Å². The Hall–Kier alpha value is -1.49. The third-order valence-corrected chi connectivity index (χ3v) is 1.49. The van der Waals surface area contributed by atoms with E-state index in [-0.39, 0.29) is 11.1 Å². The van der Waals surface area contributed by atoms with Gasteiger partial charge in [0.05, 0.1) is 12.7 Å². The van der Waals surface area contributed by atoms with Crippen molar-refractivity contribution in [3.63, 3.8) is 0 Å². The number of rotatable bonds is 3. The van der Waals surface area contributed by atoms with Gasteiger partial charge in [0, 0.05) is 18.0 Å². The standard InChI is InChI=1S/C8H9FN2O2/c1-13-11-8(12)7-2-3-10-5-6(7)4-9/h2-3,5H,4H2,1H3,(H,11,12). The molecule has 0 saturated carbocycles. The van der Waals surface area contributed by atoms with Crippen molar-refractivity contribution in [1.29, 1.82) is 0 Å². The molecule has 0 fully saturated rings. The summed E-state index contributed by atoms with van der Waals surface area (Å²) in [6.45, 7) is -0.722. The quantitative estimate of drug-likeness (QED) is 0.708. The summed E-state index contributed by atoms with van der Waals surface area (Å²) < 4.78 is 12.3. The zero-order valence-electron chi connectivity index (χ0n) is 7.08. The summed E-state index contributed by atoms with van der Waals surface area (Å²) in [5.74, 6) is -0.474. The van der Waals surface area contributed by atoms with E-state index >= 15 is 0 Å². The van der Waals surface area contributed by atoms with Gasteiger partial charge >= 0.3 is 0 Å². The molecule has 1 rings (SSSR count). The zero-order chi connectivity index (χ0) is 9.68. The Morgan fingerprint density at radius 1 is 1.77 bits per heavy atom. The van der Waals surface area contributed by atoms with E-state index in [1.807, 2.05) is 0 Å². The van der Waals surface area contributed by atoms with Gasteiger partial charge in [0.15, 0.2) is 0 Å². The number of nitrogens with one attached hydrogen (secondary N) is 1. The fraction of sp³-hybridized carbons (Fsp3) is 0.250. The van der Waals surface area contributed by atoms with Crippen LogP contribution in [0.25, 0.3) is 0 Å². The number of pyridine rings is 1. The maximum absolute atomic E-state index is 12.3. The lowest BCUT2D eigenvalue weighted by Gasteiger charge is -2.04. The van der Waals surface area contributed by atoms with Gasteiger partial charge in [0.2, 0.25) is 0 Å². The molecule has 13 heavy (non-hydrogen) atoms. The van der Waals surface area contributed by atoms with Crippen molar-refractivity contribution in [1.82, 2.24) is 10.5 Å². The van der Waals surface area contributed by atoms with Crippen molar-refractivity contribution in [3.05, 3.63) is 29.6 Å². The van der Waals surface area contributed by atoms with Crippen LogP contribution in [0.5, 0.6) is 0 Å². The van der Waals surface area contributed by atoms with Crippen LogP contribution < -0.4 is 5.48 Å². The molecule has 5 heteroatoms. The molecule has 1 aromatic heterocycles. The van der Waals surface area contributed by atoms with Crippen LogP contribution in [0.15, 0.2) is 18.5 Å². The predicted octanol–water partition coefficient (Wildman–Crippen LogP) is 0.842. The normalized spacial score (nSPS) is 9.69. The molecule has 0 atom stereocenters. The van der Waals surface area contributed by atoms with Crippen LogP contribution in [-0.2, 0) is 11.5 Å². The second-order valence-corrected chi connectivity index (χ2v) is 2.30. The first kappa shape index (κ1) is 9.60. The van der Waals surface area contributed by atoms with Crippen LogP contribution in [0.2, 0.25) is 0 Å². The van der Waals surface area contributed by atoms with E-state index in [0.717, 1.165) is 0 Å². The largest absolute Gasteiger partial charge is 0.277 e. The summed E-state index contributed by atoms with van der Waals surface area (Å²) in [4.78, 5) is 19.3. The van der Waals surface area contributed by atoms with Crippen molar-refractivity contribution in [2.24, 2.45) is 0 Å². The lowest BCUT2D eigenvalue weighted by molar-refractivity contribution is 0.0536. The summed E-state index contributed by atoms with van der Waals surface area (Å²) in [5.41, 5.74) is 2.59. The van der Waals surface area contributed by atoms with E-state index in [0.29, 0.717) is 0 Å². The minimum absolute atomic E-state index is 0.236. The van der Waals surface area contributed by atoms with Crippen molar-refractivity contribution in [2.75, 3.05) is 7.11 Å². The second-order valence-electron chi connectivity index (χ2n) is 2.30. The number of nitrogens with zero attached hydrogens (tertiary/aromatic N) is 1. The van der Waals surface area contributed by atoms with Crippen LogP contribution in [0, 0.1) is 0 Å². The van der Waals surface area contributed by atoms with Gasteiger partial charge in [-0.1, -0.05) is 0 Å². The van der Waals surface area contributed by atoms with Crippen LogP contribution in [-0.4, -0.2) is 18.0 Å². The first-order valence-electron chi connectivity index (χ1n) is 3.61. The first-order chi connectivity index (χ1) is 6.29. The number of aromatic nitrogens is 1. The number of carbonyl (C=O) groups is 1. The third-order valence-electron chi connectivity index (χ3n) is 1.49. The monoisotopic (exact) mass is 184 g/mol. The average molecular weight is 184 g/mol. The number of hydrogen-bond acceptors (Lipinski definition) is 3. The molecule has 0 spiro atoms. The molecule has 0 aliphatic rings. The minimum atomic E-state index is -0.722. The number of amides is 1. The zero-order valence-corrected chi connectivity index (χ0v) is 7.08. The van der Waals surface area contributed by atoms with Gasteiger partial charge in [-0.25, -0.2) is 9.87 Å². The molecule has 0 radical (unpaired) electrons. The van der Waals surface area contributed by atoms with Gasteiger partial charge < -0.3 is 0 Å². The van der Waals surface area contributed by atoms with E-state index in [2.05, 4.69) is 15.3 Å². The summed E-state index contributed by atoms with van der Waals surface area (Å²) in [6, 6.07) is 1.43. The first-order valence-corrected chi connectivity index (χ1v) is 3.61. The van der Waals surface area contributed by atoms with E-state index in [1.54, 1.807) is 0 Å². The highest BCUT2D eigenvalue weighted by Gasteiger charge is 2.09. The maximum atomic E-state index is 12.3. The number of hydrogen-bond donors (Lipinski definition) is 1. The van der Waals surface area contributed by atoms with Crippen LogP contribution in [0.4, 0.5) is 4.39 Å². The van der Waals surface area contributed by atoms with Gasteiger partial charge in [0.1, 0.15) is 6.67 Å². The highest BCUT2D eigenvalue weighted by Crippen LogP contribution is 2.07. The second kappa shape index (κ2) is 4.51. The van der Waals surface area contributed by atoms with Crippen LogP contribution in [0.3, 0.4) is 0 Å². The Morgan fingerprint density at radius 3 is 3.15 bits per heavy atom. The smallest absolute Gasteiger partial charge is 0.275 e. The van der Waals surface area contributed by atoms with Gasteiger partial charge in [-0.05, 0) is 6.07 Å². The number of alkyl halides is 1. The van der Waals surface area contributed by atoms with E-state index in [4.69, 9.17) is 0 Å². The molecule has 1 heterocycles. The Bertz CT molecular complexity index is 304. The molecule has 0 aliphatic heterocycles. The molecule has 4 nitrogen and oxygen atoms in total. The average Bonchev–Trinajstić information content (AvgIpc) is 2.18. The van der Waals surface area contributed by atoms with E-state index < -0.39 is 12.6 Å². The van der Waals surface area contributed by atoms with Crippen molar-refractivity contribution >= 4 is 5.91 Å². The van der Waals surface area contributed by atoms with E-state index in [9.17, 15) is 9.18 Å². The predicted molar refractivity (Wildman–Crippen MR) is 43.5 cm³/mol. The van der Waals surface area contributed by atoms with Gasteiger partial charge in [-0.15, -0.1) is 0 Å². The molecule has 70 valence electrons. The molecular formula is C8H9FN2O2. The minimum Gasteiger partial charge on any atom is -0.277 e. The molecule has 0 unspecified atom stereocenters. The number of carbonyl (C=O) groups excluding carboxylic acids is 1. The molecular weight excluding hydrogens is 175 g/mol. The van der Waals surface area contributed by atoms with Crippen molar-refractivity contribution in [3.8, 4) is 0 Å². The summed E-state index contributed by atoms with van der Waals surface area (Å²) in [5, 5.41) is 0. The summed E-state index contributed by atoms with van der Waals surface area (Å²) >= 11 is 0. The maximum Gasteiger partial charge on any atom is 0.275 e. The van der Waals surface area contributed by atoms with Crippen molar-refractivity contribution < 1.29 is 14.0 Å². The summed E-state index contributed by atoms with van der Waals surface area (Å²) in [6.07, 6.45) is 2.73. The topological polar surface area (TPSA) is 51.2 Å². The Labute approximate surface area is 74.7 Å². The molecule has 1 amide bonds. The van der Waals surface area contributed by atoms with Crippen LogP contribution >= 0.6 is 0 Å². The lowest BCUT2D eigenvalue weighted by Crippen LogP contribution is -2.23. The Kier molecular flexibility index (Phi) is 3.33.